The van der Waals surface area contributed by atoms with E-state index in [9.17, 15) is 5.11 Å². The number of nitrogens with zero attached hydrogens (tertiary/aromatic N) is 1. The smallest absolute Gasteiger partial charge is 0.125 e. The van der Waals surface area contributed by atoms with Gasteiger partial charge in [-0.1, -0.05) is 12.1 Å². The van der Waals surface area contributed by atoms with Gasteiger partial charge in [0.05, 0.1) is 6.10 Å². The maximum absolute atomic E-state index is 10.8. The minimum absolute atomic E-state index is 0.0789. The van der Waals surface area contributed by atoms with E-state index >= 15 is 0 Å². The van der Waals surface area contributed by atoms with Gasteiger partial charge in [-0.25, -0.2) is 0 Å². The molecule has 4 heteroatoms. The molecule has 0 unspecified atom stereocenters. The first-order valence-corrected chi connectivity index (χ1v) is 9.45. The Bertz CT molecular complexity index is 514. The predicted molar refractivity (Wildman–Crippen MR) is 97.5 cm³/mol. The summed E-state index contributed by atoms with van der Waals surface area (Å²) in [5.74, 6) is 1.18. The van der Waals surface area contributed by atoms with Crippen LogP contribution in [0.25, 0.3) is 0 Å². The molecule has 0 radical (unpaired) electrons. The molecule has 0 bridgehead atoms. The second kappa shape index (κ2) is 8.32. The largest absolute Gasteiger partial charge is 0.488 e. The summed E-state index contributed by atoms with van der Waals surface area (Å²) in [5, 5.41) is 14.5. The van der Waals surface area contributed by atoms with Crippen LogP contribution in [0.2, 0.25) is 0 Å². The molecule has 3 atom stereocenters. The van der Waals surface area contributed by atoms with Gasteiger partial charge in [0, 0.05) is 18.5 Å². The molecule has 0 spiro atoms. The Morgan fingerprint density at radius 2 is 2.00 bits per heavy atom. The highest BCUT2D eigenvalue weighted by atomic mass is 16.5. The molecule has 3 rings (SSSR count). The fraction of sp³-hybridized carbons (Fsp3) is 0.700. The molecule has 2 aliphatic rings. The molecule has 2 N–H and O–H groups in total. The fourth-order valence-electron chi connectivity index (χ4n) is 3.97. The molecule has 1 aromatic rings. The van der Waals surface area contributed by atoms with Gasteiger partial charge in [0.1, 0.15) is 11.9 Å². The number of benzene rings is 1. The Balaban J connectivity index is 1.50. The van der Waals surface area contributed by atoms with Gasteiger partial charge in [-0.3, -0.25) is 0 Å². The lowest BCUT2D eigenvalue weighted by molar-refractivity contribution is -0.0316. The normalized spacial score (nSPS) is 29.5. The van der Waals surface area contributed by atoms with E-state index in [0.29, 0.717) is 12.0 Å². The van der Waals surface area contributed by atoms with Crippen molar-refractivity contribution in [1.29, 1.82) is 0 Å². The zero-order valence-electron chi connectivity index (χ0n) is 15.1. The zero-order chi connectivity index (χ0) is 16.9. The van der Waals surface area contributed by atoms with E-state index in [-0.39, 0.29) is 12.2 Å². The van der Waals surface area contributed by atoms with Crippen molar-refractivity contribution in [2.75, 3.05) is 26.7 Å². The molecule has 0 amide bonds. The molecule has 0 aromatic heterocycles. The molecule has 24 heavy (non-hydrogen) atoms. The Kier molecular flexibility index (Phi) is 6.14. The fourth-order valence-corrected chi connectivity index (χ4v) is 3.97. The van der Waals surface area contributed by atoms with Crippen molar-refractivity contribution >= 4 is 0 Å². The standard InChI is InChI=1S/C20H32N2O2/c1-15-5-3-7-18(13-15)24-19-8-4-6-16(20(19)23)14-21-17-9-11-22(2)12-10-17/h3,5,7,13,16-17,19-21,23H,4,6,8-12,14H2,1-2H3/t16-,19-,20-/m1/s1. The third kappa shape index (κ3) is 4.71. The summed E-state index contributed by atoms with van der Waals surface area (Å²) >= 11 is 0. The number of ether oxygens (including phenoxy) is 1. The van der Waals surface area contributed by atoms with E-state index in [1.165, 1.54) is 31.5 Å². The van der Waals surface area contributed by atoms with Crippen molar-refractivity contribution in [3.63, 3.8) is 0 Å². The number of aliphatic hydroxyl groups excluding tert-OH is 1. The van der Waals surface area contributed by atoms with Crippen LogP contribution in [-0.2, 0) is 0 Å². The number of hydrogen-bond donors (Lipinski definition) is 2. The highest BCUT2D eigenvalue weighted by Crippen LogP contribution is 2.28. The molecule has 1 saturated carbocycles. The SMILES string of the molecule is Cc1cccc(O[C@@H]2CCC[C@H](CNC3CCN(C)CC3)[C@H]2O)c1. The second-order valence-corrected chi connectivity index (χ2v) is 7.64. The number of hydrogen-bond acceptors (Lipinski definition) is 4. The van der Waals surface area contributed by atoms with Crippen LogP contribution in [-0.4, -0.2) is 54.9 Å². The van der Waals surface area contributed by atoms with Crippen molar-refractivity contribution in [2.24, 2.45) is 5.92 Å². The molecule has 2 fully saturated rings. The van der Waals surface area contributed by atoms with E-state index < -0.39 is 0 Å². The van der Waals surface area contributed by atoms with Crippen molar-refractivity contribution in [3.05, 3.63) is 29.8 Å². The van der Waals surface area contributed by atoms with Crippen LogP contribution in [0.4, 0.5) is 0 Å². The molecule has 1 aliphatic heterocycles. The summed E-state index contributed by atoms with van der Waals surface area (Å²) in [7, 11) is 2.19. The topological polar surface area (TPSA) is 44.7 Å². The highest BCUT2D eigenvalue weighted by Gasteiger charge is 2.33. The lowest BCUT2D eigenvalue weighted by Gasteiger charge is -2.37. The van der Waals surface area contributed by atoms with Crippen LogP contribution >= 0.6 is 0 Å². The molecular weight excluding hydrogens is 300 g/mol. The van der Waals surface area contributed by atoms with E-state index in [0.717, 1.165) is 31.6 Å². The molecule has 1 aromatic carbocycles. The summed E-state index contributed by atoms with van der Waals surface area (Å²) < 4.78 is 6.10. The average Bonchev–Trinajstić information content (AvgIpc) is 2.57. The van der Waals surface area contributed by atoms with Crippen LogP contribution in [0.5, 0.6) is 5.75 Å². The summed E-state index contributed by atoms with van der Waals surface area (Å²) in [6.07, 6.45) is 5.13. The van der Waals surface area contributed by atoms with Gasteiger partial charge in [0.2, 0.25) is 0 Å². The highest BCUT2D eigenvalue weighted by molar-refractivity contribution is 5.27. The van der Waals surface area contributed by atoms with E-state index in [1.54, 1.807) is 0 Å². The zero-order valence-corrected chi connectivity index (χ0v) is 15.1. The Hall–Kier alpha value is -1.10. The number of nitrogens with one attached hydrogen (secondary N) is 1. The lowest BCUT2D eigenvalue weighted by atomic mass is 9.84. The molecule has 1 aliphatic carbocycles. The second-order valence-electron chi connectivity index (χ2n) is 7.64. The van der Waals surface area contributed by atoms with Crippen LogP contribution < -0.4 is 10.1 Å². The van der Waals surface area contributed by atoms with E-state index in [4.69, 9.17) is 4.74 Å². The molecular formula is C20H32N2O2. The molecule has 134 valence electrons. The number of likely N-dealkylation sites (tertiary alicyclic amines) is 1. The Labute approximate surface area is 146 Å². The summed E-state index contributed by atoms with van der Waals surface area (Å²) in [4.78, 5) is 2.39. The lowest BCUT2D eigenvalue weighted by Crippen LogP contribution is -2.48. The van der Waals surface area contributed by atoms with Crippen LogP contribution in [0.3, 0.4) is 0 Å². The number of piperidine rings is 1. The number of aryl methyl sites for hydroxylation is 1. The number of aliphatic hydroxyl groups is 1. The van der Waals surface area contributed by atoms with Gasteiger partial charge in [-0.05, 0) is 76.9 Å². The van der Waals surface area contributed by atoms with Crippen LogP contribution in [0.1, 0.15) is 37.7 Å². The monoisotopic (exact) mass is 332 g/mol. The minimum atomic E-state index is -0.377. The van der Waals surface area contributed by atoms with Crippen molar-refractivity contribution < 1.29 is 9.84 Å². The van der Waals surface area contributed by atoms with E-state index in [2.05, 4.69) is 30.3 Å². The molecule has 1 saturated heterocycles. The van der Waals surface area contributed by atoms with Gasteiger partial charge >= 0.3 is 0 Å². The van der Waals surface area contributed by atoms with Gasteiger partial charge < -0.3 is 20.1 Å². The van der Waals surface area contributed by atoms with E-state index in [1.807, 2.05) is 18.2 Å². The van der Waals surface area contributed by atoms with Gasteiger partial charge in [-0.2, -0.15) is 0 Å². The Morgan fingerprint density at radius 3 is 2.75 bits per heavy atom. The maximum atomic E-state index is 10.8. The first-order valence-electron chi connectivity index (χ1n) is 9.45. The predicted octanol–water partition coefficient (Wildman–Crippen LogP) is 2.59. The molecule has 1 heterocycles. The Morgan fingerprint density at radius 1 is 1.21 bits per heavy atom. The third-order valence-corrected chi connectivity index (χ3v) is 5.59. The molecule has 4 nitrogen and oxygen atoms in total. The number of rotatable bonds is 5. The van der Waals surface area contributed by atoms with Crippen molar-refractivity contribution in [2.45, 2.75) is 57.3 Å². The minimum Gasteiger partial charge on any atom is -0.488 e. The quantitative estimate of drug-likeness (QED) is 0.870. The van der Waals surface area contributed by atoms with Gasteiger partial charge in [0.15, 0.2) is 0 Å². The van der Waals surface area contributed by atoms with Gasteiger partial charge in [-0.15, -0.1) is 0 Å². The van der Waals surface area contributed by atoms with Crippen LogP contribution in [0.15, 0.2) is 24.3 Å². The summed E-state index contributed by atoms with van der Waals surface area (Å²) in [5.41, 5.74) is 1.19. The first-order chi connectivity index (χ1) is 11.6. The average molecular weight is 332 g/mol. The summed E-state index contributed by atoms with van der Waals surface area (Å²) in [6, 6.07) is 8.72. The van der Waals surface area contributed by atoms with Crippen molar-refractivity contribution in [1.82, 2.24) is 10.2 Å². The van der Waals surface area contributed by atoms with Crippen molar-refractivity contribution in [3.8, 4) is 5.75 Å². The summed E-state index contributed by atoms with van der Waals surface area (Å²) in [6.45, 7) is 5.32. The first kappa shape index (κ1) is 17.7. The maximum Gasteiger partial charge on any atom is 0.125 e. The van der Waals surface area contributed by atoms with Gasteiger partial charge in [0.25, 0.3) is 0 Å². The third-order valence-electron chi connectivity index (χ3n) is 5.59. The van der Waals surface area contributed by atoms with Crippen LogP contribution in [0, 0.1) is 12.8 Å².